The van der Waals surface area contributed by atoms with E-state index in [1.165, 1.54) is 23.1 Å². The van der Waals surface area contributed by atoms with Crippen LogP contribution in [0.4, 0.5) is 11.4 Å². The zero-order valence-corrected chi connectivity index (χ0v) is 13.7. The molecule has 4 N–H and O–H groups in total. The highest BCUT2D eigenvalue weighted by molar-refractivity contribution is 6.04. The zero-order valence-electron chi connectivity index (χ0n) is 13.7. The molecule has 1 unspecified atom stereocenters. The van der Waals surface area contributed by atoms with E-state index >= 15 is 0 Å². The molecule has 1 aliphatic heterocycles. The van der Waals surface area contributed by atoms with E-state index in [1.807, 2.05) is 0 Å². The molecule has 134 valence electrons. The summed E-state index contributed by atoms with van der Waals surface area (Å²) in [5.41, 5.74) is 5.99. The van der Waals surface area contributed by atoms with Crippen LogP contribution in [0.25, 0.3) is 0 Å². The second-order valence-electron chi connectivity index (χ2n) is 5.53. The second kappa shape index (κ2) is 7.65. The number of hydrogen-bond acceptors (Lipinski definition) is 5. The SMILES string of the molecule is CCC1Oc2cc(NC(=O)CCC(=O)O)ccc2N(CC(N)=O)C1=O. The molecule has 2 rings (SSSR count). The molecule has 1 aromatic rings. The lowest BCUT2D eigenvalue weighted by Crippen LogP contribution is -2.48. The van der Waals surface area contributed by atoms with E-state index in [-0.39, 0.29) is 25.3 Å². The van der Waals surface area contributed by atoms with Crippen LogP contribution in [0.15, 0.2) is 18.2 Å². The predicted molar refractivity (Wildman–Crippen MR) is 88.2 cm³/mol. The molecule has 0 fully saturated rings. The summed E-state index contributed by atoms with van der Waals surface area (Å²) < 4.78 is 5.64. The van der Waals surface area contributed by atoms with Gasteiger partial charge in [-0.2, -0.15) is 0 Å². The van der Waals surface area contributed by atoms with Crippen molar-refractivity contribution in [1.29, 1.82) is 0 Å². The van der Waals surface area contributed by atoms with Gasteiger partial charge in [0.1, 0.15) is 12.3 Å². The van der Waals surface area contributed by atoms with Crippen molar-refractivity contribution < 1.29 is 29.0 Å². The molecule has 3 amide bonds. The van der Waals surface area contributed by atoms with Crippen LogP contribution in [-0.2, 0) is 19.2 Å². The molecule has 0 spiro atoms. The lowest BCUT2D eigenvalue weighted by atomic mass is 10.1. The highest BCUT2D eigenvalue weighted by atomic mass is 16.5. The third-order valence-corrected chi connectivity index (χ3v) is 3.60. The molecular weight excluding hydrogens is 330 g/mol. The Bertz CT molecular complexity index is 718. The minimum atomic E-state index is -1.06. The molecule has 0 saturated carbocycles. The fourth-order valence-electron chi connectivity index (χ4n) is 2.43. The van der Waals surface area contributed by atoms with Crippen LogP contribution in [0.2, 0.25) is 0 Å². The van der Waals surface area contributed by atoms with E-state index in [4.69, 9.17) is 15.6 Å². The number of rotatable bonds is 7. The van der Waals surface area contributed by atoms with Crippen molar-refractivity contribution in [2.45, 2.75) is 32.3 Å². The van der Waals surface area contributed by atoms with Crippen molar-refractivity contribution in [2.75, 3.05) is 16.8 Å². The summed E-state index contributed by atoms with van der Waals surface area (Å²) in [5, 5.41) is 11.2. The smallest absolute Gasteiger partial charge is 0.303 e. The first kappa shape index (κ1) is 18.2. The van der Waals surface area contributed by atoms with Crippen LogP contribution >= 0.6 is 0 Å². The zero-order chi connectivity index (χ0) is 18.6. The molecule has 0 aliphatic carbocycles. The predicted octanol–water partition coefficient (Wildman–Crippen LogP) is 0.479. The number of carboxylic acid groups (broad SMARTS) is 1. The minimum Gasteiger partial charge on any atom is -0.481 e. The summed E-state index contributed by atoms with van der Waals surface area (Å²) in [7, 11) is 0. The minimum absolute atomic E-state index is 0.156. The van der Waals surface area contributed by atoms with Crippen LogP contribution in [0.1, 0.15) is 26.2 Å². The first-order chi connectivity index (χ1) is 11.8. The van der Waals surface area contributed by atoms with Gasteiger partial charge in [-0.15, -0.1) is 0 Å². The van der Waals surface area contributed by atoms with Gasteiger partial charge in [-0.05, 0) is 18.6 Å². The molecule has 0 saturated heterocycles. The van der Waals surface area contributed by atoms with Crippen LogP contribution < -0.4 is 20.7 Å². The average molecular weight is 349 g/mol. The summed E-state index contributed by atoms with van der Waals surface area (Å²) >= 11 is 0. The third-order valence-electron chi connectivity index (χ3n) is 3.60. The number of carbonyl (C=O) groups excluding carboxylic acids is 3. The summed E-state index contributed by atoms with van der Waals surface area (Å²) in [6, 6.07) is 4.60. The van der Waals surface area contributed by atoms with Gasteiger partial charge in [0, 0.05) is 18.2 Å². The summed E-state index contributed by atoms with van der Waals surface area (Å²) in [4.78, 5) is 47.1. The number of nitrogens with two attached hydrogens (primary N) is 1. The molecule has 1 heterocycles. The fraction of sp³-hybridized carbons (Fsp3) is 0.375. The van der Waals surface area contributed by atoms with E-state index in [2.05, 4.69) is 5.32 Å². The maximum atomic E-state index is 12.3. The van der Waals surface area contributed by atoms with Crippen LogP contribution in [0, 0.1) is 0 Å². The summed E-state index contributed by atoms with van der Waals surface area (Å²) in [6.07, 6.45) is -0.767. The number of aliphatic carboxylic acids is 1. The van der Waals surface area contributed by atoms with Crippen molar-refractivity contribution in [2.24, 2.45) is 5.73 Å². The Labute approximate surface area is 143 Å². The Balaban J connectivity index is 2.22. The molecule has 25 heavy (non-hydrogen) atoms. The monoisotopic (exact) mass is 349 g/mol. The second-order valence-corrected chi connectivity index (χ2v) is 5.53. The number of hydrogen-bond donors (Lipinski definition) is 3. The van der Waals surface area contributed by atoms with Crippen molar-refractivity contribution in [3.63, 3.8) is 0 Å². The van der Waals surface area contributed by atoms with Gasteiger partial charge in [-0.3, -0.25) is 24.1 Å². The van der Waals surface area contributed by atoms with Crippen molar-refractivity contribution in [1.82, 2.24) is 0 Å². The molecule has 1 aromatic carbocycles. The van der Waals surface area contributed by atoms with Gasteiger partial charge in [0.2, 0.25) is 11.8 Å². The Morgan fingerprint density at radius 2 is 2.04 bits per heavy atom. The fourth-order valence-corrected chi connectivity index (χ4v) is 2.43. The quantitative estimate of drug-likeness (QED) is 0.654. The van der Waals surface area contributed by atoms with Gasteiger partial charge >= 0.3 is 5.97 Å². The van der Waals surface area contributed by atoms with Gasteiger partial charge in [-0.25, -0.2) is 0 Å². The van der Waals surface area contributed by atoms with Crippen molar-refractivity contribution in [3.8, 4) is 5.75 Å². The third kappa shape index (κ3) is 4.46. The van der Waals surface area contributed by atoms with Crippen molar-refractivity contribution in [3.05, 3.63) is 18.2 Å². The van der Waals surface area contributed by atoms with Crippen molar-refractivity contribution >= 4 is 35.1 Å². The Hall–Kier alpha value is -3.10. The number of primary amides is 1. The summed E-state index contributed by atoms with van der Waals surface area (Å²) in [6.45, 7) is 1.50. The van der Waals surface area contributed by atoms with Crippen LogP contribution in [0.5, 0.6) is 5.75 Å². The number of ether oxygens (including phenoxy) is 1. The molecule has 1 aliphatic rings. The Morgan fingerprint density at radius 1 is 1.32 bits per heavy atom. The van der Waals surface area contributed by atoms with Crippen LogP contribution in [0.3, 0.4) is 0 Å². The Kier molecular flexibility index (Phi) is 5.58. The van der Waals surface area contributed by atoms with Gasteiger partial charge in [0.25, 0.3) is 5.91 Å². The number of anilines is 2. The van der Waals surface area contributed by atoms with Gasteiger partial charge < -0.3 is 20.9 Å². The number of carboxylic acids is 1. The molecule has 0 radical (unpaired) electrons. The van der Waals surface area contributed by atoms with E-state index in [1.54, 1.807) is 6.92 Å². The topological polar surface area (TPSA) is 139 Å². The highest BCUT2D eigenvalue weighted by Gasteiger charge is 2.34. The van der Waals surface area contributed by atoms with Crippen LogP contribution in [-0.4, -0.2) is 41.4 Å². The maximum Gasteiger partial charge on any atom is 0.303 e. The first-order valence-electron chi connectivity index (χ1n) is 7.73. The number of nitrogens with zero attached hydrogens (tertiary/aromatic N) is 1. The Morgan fingerprint density at radius 3 is 2.64 bits per heavy atom. The van der Waals surface area contributed by atoms with Gasteiger partial charge in [0.05, 0.1) is 12.1 Å². The molecule has 9 heteroatoms. The molecule has 1 atom stereocenters. The average Bonchev–Trinajstić information content (AvgIpc) is 2.55. The van der Waals surface area contributed by atoms with E-state index in [0.717, 1.165) is 0 Å². The van der Waals surface area contributed by atoms with E-state index in [0.29, 0.717) is 23.5 Å². The lowest BCUT2D eigenvalue weighted by Gasteiger charge is -2.33. The molecule has 0 aromatic heterocycles. The summed E-state index contributed by atoms with van der Waals surface area (Å²) in [5.74, 6) is -2.18. The van der Waals surface area contributed by atoms with E-state index < -0.39 is 23.9 Å². The molecular formula is C16H19N3O6. The normalized spacial score (nSPS) is 16.0. The van der Waals surface area contributed by atoms with Gasteiger partial charge in [0.15, 0.2) is 6.10 Å². The standard InChI is InChI=1S/C16H19N3O6/c1-2-11-16(24)19(8-13(17)20)10-4-3-9(7-12(10)25-11)18-14(21)5-6-15(22)23/h3-4,7,11H,2,5-6,8H2,1H3,(H2,17,20)(H,18,21)(H,22,23). The number of fused-ring (bicyclic) bond motifs is 1. The largest absolute Gasteiger partial charge is 0.481 e. The number of amides is 3. The highest BCUT2D eigenvalue weighted by Crippen LogP contribution is 2.36. The first-order valence-corrected chi connectivity index (χ1v) is 7.73. The lowest BCUT2D eigenvalue weighted by molar-refractivity contribution is -0.138. The van der Waals surface area contributed by atoms with E-state index in [9.17, 15) is 19.2 Å². The number of benzene rings is 1. The molecule has 0 bridgehead atoms. The maximum absolute atomic E-state index is 12.3. The van der Waals surface area contributed by atoms with Gasteiger partial charge in [-0.1, -0.05) is 6.92 Å². The number of nitrogens with one attached hydrogen (secondary N) is 1. The molecule has 9 nitrogen and oxygen atoms in total. The number of carbonyl (C=O) groups is 4.